The Labute approximate surface area is 179 Å². The number of nitriles is 1. The van der Waals surface area contributed by atoms with E-state index in [2.05, 4.69) is 10.1 Å². The number of halogens is 4. The highest BCUT2D eigenvalue weighted by Crippen LogP contribution is 2.26. The van der Waals surface area contributed by atoms with Gasteiger partial charge >= 0.3 is 6.18 Å². The van der Waals surface area contributed by atoms with Crippen LogP contribution in [0.25, 0.3) is 5.69 Å². The number of benzene rings is 2. The Morgan fingerprint density at radius 2 is 1.84 bits per heavy atom. The van der Waals surface area contributed by atoms with Crippen LogP contribution in [-0.4, -0.2) is 23.3 Å². The van der Waals surface area contributed by atoms with Crippen LogP contribution in [0.5, 0.6) is 5.75 Å². The second kappa shape index (κ2) is 9.34. The number of anilines is 1. The first-order chi connectivity index (χ1) is 15.2. The number of amides is 1. The molecule has 0 radical (unpaired) electrons. The lowest BCUT2D eigenvalue weighted by atomic mass is 10.1. The molecule has 2 aromatic carbocycles. The van der Waals surface area contributed by atoms with Gasteiger partial charge < -0.3 is 10.1 Å². The molecule has 164 valence electrons. The van der Waals surface area contributed by atoms with Crippen molar-refractivity contribution in [3.05, 3.63) is 88.1 Å². The lowest BCUT2D eigenvalue weighted by molar-refractivity contribution is -0.153. The zero-order chi connectivity index (χ0) is 23.3. The first kappa shape index (κ1) is 22.6. The number of alkyl halides is 3. The van der Waals surface area contributed by atoms with Crippen LogP contribution in [0.4, 0.5) is 23.2 Å². The summed E-state index contributed by atoms with van der Waals surface area (Å²) in [7, 11) is 0. The van der Waals surface area contributed by atoms with E-state index in [1.807, 2.05) is 6.07 Å². The molecule has 10 heteroatoms. The lowest BCUT2D eigenvalue weighted by Crippen LogP contribution is -2.28. The SMILES string of the molecule is N#CCc1ccc(NC(=O)c2cccn(-c3ccc(F)cc3OCC(F)(F)F)c2=O)cc1. The fourth-order valence-electron chi connectivity index (χ4n) is 2.81. The molecule has 3 rings (SSSR count). The maximum absolute atomic E-state index is 13.6. The van der Waals surface area contributed by atoms with Gasteiger partial charge in [0.1, 0.15) is 17.1 Å². The molecule has 0 saturated heterocycles. The van der Waals surface area contributed by atoms with Gasteiger partial charge in [-0.1, -0.05) is 12.1 Å². The number of hydrogen-bond acceptors (Lipinski definition) is 4. The number of nitrogens with one attached hydrogen (secondary N) is 1. The van der Waals surface area contributed by atoms with E-state index in [0.717, 1.165) is 28.3 Å². The highest BCUT2D eigenvalue weighted by Gasteiger charge is 2.29. The van der Waals surface area contributed by atoms with Gasteiger partial charge in [-0.25, -0.2) is 4.39 Å². The van der Waals surface area contributed by atoms with Crippen LogP contribution in [0, 0.1) is 17.1 Å². The van der Waals surface area contributed by atoms with Crippen molar-refractivity contribution in [3.63, 3.8) is 0 Å². The van der Waals surface area contributed by atoms with Crippen molar-refractivity contribution in [1.29, 1.82) is 5.26 Å². The maximum atomic E-state index is 13.6. The van der Waals surface area contributed by atoms with Crippen LogP contribution in [0.3, 0.4) is 0 Å². The van der Waals surface area contributed by atoms with Gasteiger partial charge in [-0.3, -0.25) is 14.2 Å². The van der Waals surface area contributed by atoms with Crippen LogP contribution in [-0.2, 0) is 6.42 Å². The number of carbonyl (C=O) groups excluding carboxylic acids is 1. The Bertz CT molecular complexity index is 1230. The zero-order valence-electron chi connectivity index (χ0n) is 16.3. The Hall–Kier alpha value is -4.13. The molecular weight excluding hydrogens is 430 g/mol. The molecule has 0 unspecified atom stereocenters. The molecule has 1 N–H and O–H groups in total. The molecule has 0 spiro atoms. The molecule has 0 atom stereocenters. The second-order valence-electron chi connectivity index (χ2n) is 6.60. The smallest absolute Gasteiger partial charge is 0.422 e. The van der Waals surface area contributed by atoms with E-state index < -0.39 is 35.8 Å². The first-order valence-electron chi connectivity index (χ1n) is 9.16. The summed E-state index contributed by atoms with van der Waals surface area (Å²) in [4.78, 5) is 25.5. The van der Waals surface area contributed by atoms with Gasteiger partial charge in [0.25, 0.3) is 11.5 Å². The van der Waals surface area contributed by atoms with Gasteiger partial charge in [-0.15, -0.1) is 0 Å². The predicted molar refractivity (Wildman–Crippen MR) is 107 cm³/mol. The summed E-state index contributed by atoms with van der Waals surface area (Å²) in [6.45, 7) is -1.68. The van der Waals surface area contributed by atoms with Crippen LogP contribution < -0.4 is 15.6 Å². The molecule has 1 heterocycles. The average molecular weight is 445 g/mol. The molecule has 0 saturated carbocycles. The molecule has 0 aliphatic carbocycles. The Morgan fingerprint density at radius 1 is 1.12 bits per heavy atom. The highest BCUT2D eigenvalue weighted by molar-refractivity contribution is 6.04. The third-order valence-electron chi connectivity index (χ3n) is 4.26. The molecule has 0 fully saturated rings. The van der Waals surface area contributed by atoms with Crippen LogP contribution in [0.15, 0.2) is 65.6 Å². The third kappa shape index (κ3) is 5.51. The fourth-order valence-corrected chi connectivity index (χ4v) is 2.81. The second-order valence-corrected chi connectivity index (χ2v) is 6.60. The van der Waals surface area contributed by atoms with Crippen LogP contribution >= 0.6 is 0 Å². The molecule has 6 nitrogen and oxygen atoms in total. The minimum Gasteiger partial charge on any atom is -0.482 e. The number of aromatic nitrogens is 1. The number of carbonyl (C=O) groups is 1. The van der Waals surface area contributed by atoms with Gasteiger partial charge in [-0.2, -0.15) is 18.4 Å². The normalized spacial score (nSPS) is 11.0. The van der Waals surface area contributed by atoms with E-state index in [9.17, 15) is 27.2 Å². The summed E-state index contributed by atoms with van der Waals surface area (Å²) >= 11 is 0. The largest absolute Gasteiger partial charge is 0.482 e. The average Bonchev–Trinajstić information content (AvgIpc) is 2.74. The van der Waals surface area contributed by atoms with Gasteiger partial charge in [0.2, 0.25) is 0 Å². The van der Waals surface area contributed by atoms with E-state index in [1.54, 1.807) is 24.3 Å². The summed E-state index contributed by atoms with van der Waals surface area (Å²) in [5, 5.41) is 11.2. The Balaban J connectivity index is 1.91. The van der Waals surface area contributed by atoms with Crippen molar-refractivity contribution < 1.29 is 27.1 Å². The molecule has 3 aromatic rings. The molecule has 1 aromatic heterocycles. The van der Waals surface area contributed by atoms with Gasteiger partial charge in [-0.05, 0) is 42.0 Å². The van der Waals surface area contributed by atoms with E-state index in [0.29, 0.717) is 5.69 Å². The first-order valence-corrected chi connectivity index (χ1v) is 9.16. The minimum atomic E-state index is -4.67. The maximum Gasteiger partial charge on any atom is 0.422 e. The summed E-state index contributed by atoms with van der Waals surface area (Å²) in [6.07, 6.45) is -3.24. The van der Waals surface area contributed by atoms with Crippen LogP contribution in [0.2, 0.25) is 0 Å². The number of rotatable bonds is 6. The Kier molecular flexibility index (Phi) is 6.59. The van der Waals surface area contributed by atoms with Crippen molar-refractivity contribution in [2.24, 2.45) is 0 Å². The van der Waals surface area contributed by atoms with Crippen molar-refractivity contribution >= 4 is 11.6 Å². The summed E-state index contributed by atoms with van der Waals surface area (Å²) in [5.74, 6) is -2.11. The molecule has 0 bridgehead atoms. The van der Waals surface area contributed by atoms with Crippen molar-refractivity contribution in [3.8, 4) is 17.5 Å². The number of ether oxygens (including phenoxy) is 1. The molecular formula is C22H15F4N3O3. The summed E-state index contributed by atoms with van der Waals surface area (Å²) < 4.78 is 56.8. The quantitative estimate of drug-likeness (QED) is 0.576. The zero-order valence-corrected chi connectivity index (χ0v) is 16.3. The number of nitrogens with zero attached hydrogens (tertiary/aromatic N) is 2. The highest BCUT2D eigenvalue weighted by atomic mass is 19.4. The van der Waals surface area contributed by atoms with E-state index in [4.69, 9.17) is 5.26 Å². The lowest BCUT2D eigenvalue weighted by Gasteiger charge is -2.15. The van der Waals surface area contributed by atoms with Crippen molar-refractivity contribution in [2.75, 3.05) is 11.9 Å². The molecule has 1 amide bonds. The number of hydrogen-bond donors (Lipinski definition) is 1. The van der Waals surface area contributed by atoms with Gasteiger partial charge in [0, 0.05) is 18.0 Å². The third-order valence-corrected chi connectivity index (χ3v) is 4.26. The van der Waals surface area contributed by atoms with Gasteiger partial charge in [0.15, 0.2) is 6.61 Å². The van der Waals surface area contributed by atoms with Crippen molar-refractivity contribution in [1.82, 2.24) is 4.57 Å². The van der Waals surface area contributed by atoms with Crippen LogP contribution in [0.1, 0.15) is 15.9 Å². The summed E-state index contributed by atoms with van der Waals surface area (Å²) in [5.41, 5.74) is -0.164. The number of pyridine rings is 1. The fraction of sp³-hybridized carbons (Fsp3) is 0.136. The summed E-state index contributed by atoms with van der Waals surface area (Å²) in [6, 6.07) is 13.8. The molecule has 0 aliphatic rings. The molecule has 32 heavy (non-hydrogen) atoms. The topological polar surface area (TPSA) is 84.1 Å². The monoisotopic (exact) mass is 445 g/mol. The van der Waals surface area contributed by atoms with E-state index in [1.165, 1.54) is 18.3 Å². The molecule has 0 aliphatic heterocycles. The standard InChI is InChI=1S/C22H15F4N3O3/c23-15-5-8-18(19(12-15)32-13-22(24,25)26)29-11-1-2-17(21(29)31)20(30)28-16-6-3-14(4-7-16)9-10-27/h1-8,11-12H,9,13H2,(H,28,30). The predicted octanol–water partition coefficient (Wildman–Crippen LogP) is 4.24. The van der Waals surface area contributed by atoms with E-state index in [-0.39, 0.29) is 17.7 Å². The van der Waals surface area contributed by atoms with Gasteiger partial charge in [0.05, 0.1) is 18.2 Å². The Morgan fingerprint density at radius 3 is 2.50 bits per heavy atom. The minimum absolute atomic E-state index is 0.156. The van der Waals surface area contributed by atoms with E-state index >= 15 is 0 Å². The van der Waals surface area contributed by atoms with Crippen molar-refractivity contribution in [2.45, 2.75) is 12.6 Å².